The summed E-state index contributed by atoms with van der Waals surface area (Å²) in [6.45, 7) is 0. The molecule has 0 atom stereocenters. The lowest BCUT2D eigenvalue weighted by atomic mass is 10.3. The third-order valence-corrected chi connectivity index (χ3v) is 3.34. The fraction of sp³-hybridized carbons (Fsp3) is 0.118. The van der Waals surface area contributed by atoms with Gasteiger partial charge in [0.05, 0.1) is 20.4 Å². The van der Waals surface area contributed by atoms with Gasteiger partial charge in [-0.15, -0.1) is 0 Å². The van der Waals surface area contributed by atoms with Crippen LogP contribution in [-0.2, 0) is 0 Å². The van der Waals surface area contributed by atoms with Crippen LogP contribution in [0.1, 0.15) is 0 Å². The Bertz CT molecular complexity index is 923. The van der Waals surface area contributed by atoms with E-state index < -0.39 is 5.82 Å². The highest BCUT2D eigenvalue weighted by atomic mass is 19.1. The first-order valence-corrected chi connectivity index (χ1v) is 7.53. The molecule has 26 heavy (non-hydrogen) atoms. The Balaban J connectivity index is 1.86. The summed E-state index contributed by atoms with van der Waals surface area (Å²) in [5.74, 6) is 0.119. The Labute approximate surface area is 148 Å². The third-order valence-electron chi connectivity index (χ3n) is 3.34. The van der Waals surface area contributed by atoms with Gasteiger partial charge in [0.1, 0.15) is 11.4 Å². The number of benzene rings is 1. The lowest BCUT2D eigenvalue weighted by Crippen LogP contribution is -2.05. The maximum absolute atomic E-state index is 14.1. The molecule has 0 saturated carbocycles. The van der Waals surface area contributed by atoms with Crippen LogP contribution in [0, 0.1) is 5.82 Å². The molecular formula is C17H16FN5O3. The average Bonchev–Trinajstić information content (AvgIpc) is 2.64. The molecule has 0 radical (unpaired) electrons. The van der Waals surface area contributed by atoms with Crippen LogP contribution in [0.3, 0.4) is 0 Å². The number of nitrogens with one attached hydrogen (secondary N) is 2. The van der Waals surface area contributed by atoms with Crippen molar-refractivity contribution in [2.24, 2.45) is 0 Å². The molecule has 0 aliphatic rings. The van der Waals surface area contributed by atoms with Crippen molar-refractivity contribution in [3.05, 3.63) is 48.4 Å². The Hall–Kier alpha value is -3.62. The zero-order valence-electron chi connectivity index (χ0n) is 14.0. The van der Waals surface area contributed by atoms with Gasteiger partial charge >= 0.3 is 0 Å². The quantitative estimate of drug-likeness (QED) is 0.618. The van der Waals surface area contributed by atoms with Crippen molar-refractivity contribution in [2.75, 3.05) is 24.9 Å². The van der Waals surface area contributed by atoms with E-state index in [0.717, 1.165) is 6.20 Å². The van der Waals surface area contributed by atoms with E-state index in [9.17, 15) is 9.50 Å². The second kappa shape index (κ2) is 7.51. The van der Waals surface area contributed by atoms with Crippen LogP contribution in [0.4, 0.5) is 27.5 Å². The monoisotopic (exact) mass is 357 g/mol. The van der Waals surface area contributed by atoms with E-state index in [1.165, 1.54) is 26.4 Å². The Morgan fingerprint density at radius 2 is 1.88 bits per heavy atom. The number of ether oxygens (including phenoxy) is 2. The molecule has 8 nitrogen and oxygen atoms in total. The van der Waals surface area contributed by atoms with E-state index in [2.05, 4.69) is 25.6 Å². The van der Waals surface area contributed by atoms with Gasteiger partial charge in [-0.1, -0.05) is 6.07 Å². The van der Waals surface area contributed by atoms with E-state index in [4.69, 9.17) is 9.47 Å². The van der Waals surface area contributed by atoms with Gasteiger partial charge in [0.25, 0.3) is 0 Å². The van der Waals surface area contributed by atoms with Crippen LogP contribution in [0.5, 0.6) is 17.5 Å². The normalized spacial score (nSPS) is 10.3. The first kappa shape index (κ1) is 17.2. The molecule has 0 amide bonds. The predicted octanol–water partition coefficient (Wildman–Crippen LogP) is 3.22. The minimum absolute atomic E-state index is 0.0621. The first-order chi connectivity index (χ1) is 12.6. The molecule has 134 valence electrons. The van der Waals surface area contributed by atoms with Crippen LogP contribution < -0.4 is 20.1 Å². The number of hydrogen-bond acceptors (Lipinski definition) is 8. The summed E-state index contributed by atoms with van der Waals surface area (Å²) >= 11 is 0. The first-order valence-electron chi connectivity index (χ1n) is 7.53. The molecule has 0 aliphatic carbocycles. The summed E-state index contributed by atoms with van der Waals surface area (Å²) in [7, 11) is 2.93. The van der Waals surface area contributed by atoms with Crippen molar-refractivity contribution in [1.82, 2.24) is 15.0 Å². The molecule has 3 N–H and O–H groups in total. The van der Waals surface area contributed by atoms with Gasteiger partial charge in [0.2, 0.25) is 17.7 Å². The maximum atomic E-state index is 14.1. The molecule has 3 aromatic rings. The average molecular weight is 357 g/mol. The second-order valence-corrected chi connectivity index (χ2v) is 5.10. The number of anilines is 4. The molecule has 0 spiro atoms. The maximum Gasteiger partial charge on any atom is 0.240 e. The lowest BCUT2D eigenvalue weighted by molar-refractivity contribution is 0.366. The highest BCUT2D eigenvalue weighted by Gasteiger charge is 2.12. The summed E-state index contributed by atoms with van der Waals surface area (Å²) in [5.41, 5.74) is 0.973. The summed E-state index contributed by atoms with van der Waals surface area (Å²) in [6, 6.07) is 9.65. The third kappa shape index (κ3) is 3.89. The molecular weight excluding hydrogens is 341 g/mol. The summed E-state index contributed by atoms with van der Waals surface area (Å²) < 4.78 is 24.3. The molecule has 0 fully saturated rings. The molecule has 0 saturated heterocycles. The summed E-state index contributed by atoms with van der Waals surface area (Å²) in [6.07, 6.45) is 1.03. The number of phenols is 1. The van der Waals surface area contributed by atoms with Gasteiger partial charge in [-0.3, -0.25) is 0 Å². The second-order valence-electron chi connectivity index (χ2n) is 5.10. The highest BCUT2D eigenvalue weighted by Crippen LogP contribution is 2.29. The van der Waals surface area contributed by atoms with Gasteiger partial charge in [0, 0.05) is 17.8 Å². The van der Waals surface area contributed by atoms with Crippen LogP contribution in [-0.4, -0.2) is 34.3 Å². The summed E-state index contributed by atoms with van der Waals surface area (Å²) in [5, 5.41) is 15.2. The van der Waals surface area contributed by atoms with Crippen LogP contribution in [0.25, 0.3) is 0 Å². The van der Waals surface area contributed by atoms with Gasteiger partial charge in [-0.2, -0.15) is 9.97 Å². The zero-order valence-corrected chi connectivity index (χ0v) is 14.0. The standard InChI is InChI=1S/C17H16FN5O3/c1-25-14-7-6-13(16(22-14)26-2)21-15-12(18)9-19-17(23-15)20-10-4-3-5-11(24)8-10/h3-9,24H,1-2H3,(H2,19,20,21,23). The van der Waals surface area contributed by atoms with E-state index in [-0.39, 0.29) is 23.4 Å². The molecule has 1 aromatic carbocycles. The predicted molar refractivity (Wildman–Crippen MR) is 94.0 cm³/mol. The largest absolute Gasteiger partial charge is 0.508 e. The van der Waals surface area contributed by atoms with Crippen molar-refractivity contribution in [2.45, 2.75) is 0 Å². The van der Waals surface area contributed by atoms with Crippen LogP contribution in [0.2, 0.25) is 0 Å². The zero-order chi connectivity index (χ0) is 18.5. The van der Waals surface area contributed by atoms with Crippen molar-refractivity contribution in [1.29, 1.82) is 0 Å². The van der Waals surface area contributed by atoms with Crippen molar-refractivity contribution in [3.8, 4) is 17.5 Å². The molecule has 2 aromatic heterocycles. The fourth-order valence-corrected chi connectivity index (χ4v) is 2.14. The van der Waals surface area contributed by atoms with Gasteiger partial charge in [-0.05, 0) is 18.2 Å². The number of pyridine rings is 1. The van der Waals surface area contributed by atoms with Crippen molar-refractivity contribution >= 4 is 23.1 Å². The minimum Gasteiger partial charge on any atom is -0.508 e. The molecule has 3 rings (SSSR count). The summed E-state index contributed by atoms with van der Waals surface area (Å²) in [4.78, 5) is 12.1. The van der Waals surface area contributed by atoms with Gasteiger partial charge in [-0.25, -0.2) is 9.37 Å². The SMILES string of the molecule is COc1ccc(Nc2nc(Nc3cccc(O)c3)ncc2F)c(OC)n1. The van der Waals surface area contributed by atoms with E-state index in [0.29, 0.717) is 17.3 Å². The smallest absolute Gasteiger partial charge is 0.240 e. The molecule has 2 heterocycles. The number of hydrogen-bond donors (Lipinski definition) is 3. The van der Waals surface area contributed by atoms with E-state index in [1.807, 2.05) is 0 Å². The van der Waals surface area contributed by atoms with E-state index >= 15 is 0 Å². The lowest BCUT2D eigenvalue weighted by Gasteiger charge is -2.12. The molecule has 9 heteroatoms. The number of aromatic nitrogens is 3. The number of aromatic hydroxyl groups is 1. The van der Waals surface area contributed by atoms with Gasteiger partial charge in [0.15, 0.2) is 11.6 Å². The number of methoxy groups -OCH3 is 2. The molecule has 0 aliphatic heterocycles. The van der Waals surface area contributed by atoms with Crippen molar-refractivity contribution in [3.63, 3.8) is 0 Å². The minimum atomic E-state index is -0.649. The van der Waals surface area contributed by atoms with Crippen LogP contribution >= 0.6 is 0 Å². The Morgan fingerprint density at radius 1 is 1.04 bits per heavy atom. The molecule has 0 unspecified atom stereocenters. The number of nitrogens with zero attached hydrogens (tertiary/aromatic N) is 3. The Morgan fingerprint density at radius 3 is 2.62 bits per heavy atom. The number of phenolic OH excluding ortho intramolecular Hbond substituents is 1. The topological polar surface area (TPSA) is 101 Å². The fourth-order valence-electron chi connectivity index (χ4n) is 2.14. The van der Waals surface area contributed by atoms with Crippen LogP contribution in [0.15, 0.2) is 42.6 Å². The number of halogens is 1. The highest BCUT2D eigenvalue weighted by molar-refractivity contribution is 5.64. The van der Waals surface area contributed by atoms with Crippen molar-refractivity contribution < 1.29 is 19.0 Å². The molecule has 0 bridgehead atoms. The Kier molecular flexibility index (Phi) is 4.97. The number of rotatable bonds is 6. The van der Waals surface area contributed by atoms with Gasteiger partial charge < -0.3 is 25.2 Å². The van der Waals surface area contributed by atoms with E-state index in [1.54, 1.807) is 24.3 Å².